The number of hydrogen-bond donors (Lipinski definition) is 1. The third kappa shape index (κ3) is 2.98. The van der Waals surface area contributed by atoms with Crippen LogP contribution in [0.5, 0.6) is 0 Å². The van der Waals surface area contributed by atoms with Gasteiger partial charge in [0, 0.05) is 10.9 Å². The van der Waals surface area contributed by atoms with Gasteiger partial charge in [-0.25, -0.2) is 9.37 Å². The maximum absolute atomic E-state index is 13.5. The van der Waals surface area contributed by atoms with E-state index in [1.807, 2.05) is 24.3 Å². The summed E-state index contributed by atoms with van der Waals surface area (Å²) in [5, 5.41) is 4.91. The number of hydrazone groups is 1. The third-order valence-electron chi connectivity index (χ3n) is 2.86. The molecule has 1 N–H and O–H groups in total. The van der Waals surface area contributed by atoms with E-state index >= 15 is 0 Å². The predicted molar refractivity (Wildman–Crippen MR) is 82.2 cm³/mol. The van der Waals surface area contributed by atoms with E-state index in [4.69, 9.17) is 11.6 Å². The van der Waals surface area contributed by atoms with Crippen LogP contribution in [0.15, 0.2) is 53.6 Å². The molecule has 0 aliphatic heterocycles. The average Bonchev–Trinajstić information content (AvgIpc) is 2.49. The summed E-state index contributed by atoms with van der Waals surface area (Å²) >= 11 is 5.87. The molecule has 0 aliphatic rings. The maximum Gasteiger partial charge on any atom is 0.224 e. The number of para-hydroxylation sites is 1. The second kappa shape index (κ2) is 5.85. The first-order chi connectivity index (χ1) is 10.2. The van der Waals surface area contributed by atoms with Crippen molar-refractivity contribution in [2.45, 2.75) is 0 Å². The van der Waals surface area contributed by atoms with Gasteiger partial charge in [0.2, 0.25) is 5.28 Å². The number of fused-ring (bicyclic) bond motifs is 1. The zero-order valence-corrected chi connectivity index (χ0v) is 11.5. The molecule has 0 unspecified atom stereocenters. The summed E-state index contributed by atoms with van der Waals surface area (Å²) in [4.78, 5) is 8.21. The first kappa shape index (κ1) is 13.5. The summed E-state index contributed by atoms with van der Waals surface area (Å²) in [7, 11) is 0. The van der Waals surface area contributed by atoms with Crippen LogP contribution in [0.2, 0.25) is 5.28 Å². The Labute approximate surface area is 125 Å². The Morgan fingerprint density at radius 2 is 1.81 bits per heavy atom. The second-order valence-electron chi connectivity index (χ2n) is 4.25. The Bertz CT molecular complexity index is 820. The molecule has 1 heterocycles. The van der Waals surface area contributed by atoms with E-state index in [2.05, 4.69) is 20.5 Å². The van der Waals surface area contributed by atoms with E-state index in [0.717, 1.165) is 5.39 Å². The van der Waals surface area contributed by atoms with E-state index in [0.29, 0.717) is 16.9 Å². The lowest BCUT2D eigenvalue weighted by atomic mass is 10.2. The van der Waals surface area contributed by atoms with Crippen molar-refractivity contribution in [3.8, 4) is 0 Å². The van der Waals surface area contributed by atoms with E-state index in [1.54, 1.807) is 18.2 Å². The molecule has 0 spiro atoms. The maximum atomic E-state index is 13.5. The van der Waals surface area contributed by atoms with Crippen LogP contribution in [0.1, 0.15) is 5.56 Å². The Hall–Kier alpha value is -2.53. The van der Waals surface area contributed by atoms with E-state index < -0.39 is 0 Å². The zero-order chi connectivity index (χ0) is 14.7. The van der Waals surface area contributed by atoms with Gasteiger partial charge in [0.05, 0.1) is 11.7 Å². The normalized spacial score (nSPS) is 11.1. The summed E-state index contributed by atoms with van der Waals surface area (Å²) in [6.45, 7) is 0. The molecule has 0 aliphatic carbocycles. The van der Waals surface area contributed by atoms with Crippen molar-refractivity contribution in [1.82, 2.24) is 9.97 Å². The third-order valence-corrected chi connectivity index (χ3v) is 3.02. The molecular formula is C15H10ClFN4. The van der Waals surface area contributed by atoms with E-state index in [1.165, 1.54) is 12.3 Å². The van der Waals surface area contributed by atoms with Crippen LogP contribution in [0.3, 0.4) is 0 Å². The topological polar surface area (TPSA) is 50.2 Å². The highest BCUT2D eigenvalue weighted by Gasteiger charge is 2.05. The molecule has 4 nitrogen and oxygen atoms in total. The molecule has 0 radical (unpaired) electrons. The molecular weight excluding hydrogens is 291 g/mol. The van der Waals surface area contributed by atoms with Crippen molar-refractivity contribution in [2.24, 2.45) is 5.10 Å². The first-order valence-electron chi connectivity index (χ1n) is 6.20. The van der Waals surface area contributed by atoms with Crippen LogP contribution >= 0.6 is 11.6 Å². The predicted octanol–water partition coefficient (Wildman–Crippen LogP) is 3.87. The summed E-state index contributed by atoms with van der Waals surface area (Å²) in [6.07, 6.45) is 1.39. The molecule has 21 heavy (non-hydrogen) atoms. The van der Waals surface area contributed by atoms with Gasteiger partial charge in [0.1, 0.15) is 5.82 Å². The Morgan fingerprint density at radius 3 is 2.67 bits per heavy atom. The number of aromatic nitrogens is 2. The van der Waals surface area contributed by atoms with Crippen molar-refractivity contribution < 1.29 is 4.39 Å². The lowest BCUT2D eigenvalue weighted by molar-refractivity contribution is 0.626. The monoisotopic (exact) mass is 300 g/mol. The quantitative estimate of drug-likeness (QED) is 0.454. The van der Waals surface area contributed by atoms with Gasteiger partial charge in [-0.05, 0) is 29.8 Å². The first-order valence-corrected chi connectivity index (χ1v) is 6.58. The van der Waals surface area contributed by atoms with Gasteiger partial charge in [0.25, 0.3) is 0 Å². The van der Waals surface area contributed by atoms with Gasteiger partial charge in [-0.1, -0.05) is 30.3 Å². The fourth-order valence-corrected chi connectivity index (χ4v) is 2.05. The standard InChI is InChI=1S/C15H10ClFN4/c16-15-19-13-8-4-2-6-11(13)14(20-15)21-18-9-10-5-1-3-7-12(10)17/h1-9H,(H,19,20,21). The summed E-state index contributed by atoms with van der Waals surface area (Å²) in [6, 6.07) is 13.8. The van der Waals surface area contributed by atoms with Crippen molar-refractivity contribution in [2.75, 3.05) is 5.43 Å². The second-order valence-corrected chi connectivity index (χ2v) is 4.59. The van der Waals surface area contributed by atoms with Crippen molar-refractivity contribution in [3.63, 3.8) is 0 Å². The van der Waals surface area contributed by atoms with Crippen LogP contribution in [-0.2, 0) is 0 Å². The zero-order valence-electron chi connectivity index (χ0n) is 10.8. The smallest absolute Gasteiger partial charge is 0.224 e. The van der Waals surface area contributed by atoms with Gasteiger partial charge in [-0.2, -0.15) is 10.1 Å². The fourth-order valence-electron chi connectivity index (χ4n) is 1.88. The molecule has 0 amide bonds. The highest BCUT2D eigenvalue weighted by Crippen LogP contribution is 2.21. The number of halogens is 2. The van der Waals surface area contributed by atoms with E-state index in [9.17, 15) is 4.39 Å². The number of rotatable bonds is 3. The van der Waals surface area contributed by atoms with Crippen LogP contribution in [0, 0.1) is 5.82 Å². The molecule has 0 saturated heterocycles. The largest absolute Gasteiger partial charge is 0.261 e. The number of anilines is 1. The Balaban J connectivity index is 1.90. The lowest BCUT2D eigenvalue weighted by Gasteiger charge is -2.04. The molecule has 0 saturated carbocycles. The number of nitrogens with one attached hydrogen (secondary N) is 1. The molecule has 3 rings (SSSR count). The average molecular weight is 301 g/mol. The van der Waals surface area contributed by atoms with Gasteiger partial charge in [-0.15, -0.1) is 0 Å². The van der Waals surface area contributed by atoms with Crippen molar-refractivity contribution >= 4 is 34.5 Å². The summed E-state index contributed by atoms with van der Waals surface area (Å²) in [5.74, 6) is 0.131. The molecule has 104 valence electrons. The molecule has 1 aromatic heterocycles. The van der Waals surface area contributed by atoms with Crippen molar-refractivity contribution in [3.05, 3.63) is 65.2 Å². The molecule has 2 aromatic carbocycles. The molecule has 0 fully saturated rings. The van der Waals surface area contributed by atoms with Gasteiger partial charge >= 0.3 is 0 Å². The van der Waals surface area contributed by atoms with Crippen molar-refractivity contribution in [1.29, 1.82) is 0 Å². The van der Waals surface area contributed by atoms with Gasteiger partial charge < -0.3 is 0 Å². The van der Waals surface area contributed by atoms with Crippen LogP contribution in [-0.4, -0.2) is 16.2 Å². The van der Waals surface area contributed by atoms with Crippen LogP contribution in [0.4, 0.5) is 10.2 Å². The Kier molecular flexibility index (Phi) is 3.75. The highest BCUT2D eigenvalue weighted by molar-refractivity contribution is 6.28. The number of nitrogens with zero attached hydrogens (tertiary/aromatic N) is 3. The van der Waals surface area contributed by atoms with Gasteiger partial charge in [-0.3, -0.25) is 5.43 Å². The fraction of sp³-hybridized carbons (Fsp3) is 0. The minimum Gasteiger partial charge on any atom is -0.261 e. The lowest BCUT2D eigenvalue weighted by Crippen LogP contribution is -1.97. The summed E-state index contributed by atoms with van der Waals surface area (Å²) < 4.78 is 13.5. The highest BCUT2D eigenvalue weighted by atomic mass is 35.5. The van der Waals surface area contributed by atoms with Crippen LogP contribution < -0.4 is 5.43 Å². The summed E-state index contributed by atoms with van der Waals surface area (Å²) in [5.41, 5.74) is 3.86. The molecule has 0 bridgehead atoms. The van der Waals surface area contributed by atoms with E-state index in [-0.39, 0.29) is 11.1 Å². The Morgan fingerprint density at radius 1 is 1.05 bits per heavy atom. The number of benzene rings is 2. The van der Waals surface area contributed by atoms with Gasteiger partial charge in [0.15, 0.2) is 5.82 Å². The number of hydrogen-bond acceptors (Lipinski definition) is 4. The molecule has 6 heteroatoms. The van der Waals surface area contributed by atoms with Crippen LogP contribution in [0.25, 0.3) is 10.9 Å². The molecule has 0 atom stereocenters. The minimum atomic E-state index is -0.339. The SMILES string of the molecule is Fc1ccccc1C=NNc1nc(Cl)nc2ccccc12. The molecule has 3 aromatic rings. The minimum absolute atomic E-state index is 0.122.